The second-order valence-electron chi connectivity index (χ2n) is 5.07. The molecule has 1 aromatic carbocycles. The molecular weight excluding hydrogens is 278 g/mol. The number of carbonyl (C=O) groups is 1. The van der Waals surface area contributed by atoms with Crippen molar-refractivity contribution in [2.45, 2.75) is 33.2 Å². The first-order valence-corrected chi connectivity index (χ1v) is 7.64. The Kier molecular flexibility index (Phi) is 5.53. The van der Waals surface area contributed by atoms with Crippen LogP contribution in [-0.2, 0) is 11.3 Å². The molecule has 0 spiro atoms. The number of hydrogen-bond donors (Lipinski definition) is 0. The molecule has 22 heavy (non-hydrogen) atoms. The molecular formula is C18H21NO3. The van der Waals surface area contributed by atoms with E-state index in [1.54, 1.807) is 13.1 Å². The van der Waals surface area contributed by atoms with Crippen LogP contribution in [0.3, 0.4) is 0 Å². The fourth-order valence-electron chi connectivity index (χ4n) is 2.31. The van der Waals surface area contributed by atoms with Gasteiger partial charge in [-0.25, -0.2) is 4.79 Å². The Bertz CT molecular complexity index is 689. The van der Waals surface area contributed by atoms with E-state index in [0.717, 1.165) is 30.6 Å². The van der Waals surface area contributed by atoms with Crippen molar-refractivity contribution < 1.29 is 9.53 Å². The van der Waals surface area contributed by atoms with E-state index >= 15 is 0 Å². The highest BCUT2D eigenvalue weighted by Crippen LogP contribution is 2.19. The van der Waals surface area contributed by atoms with Crippen molar-refractivity contribution >= 4 is 5.97 Å². The second-order valence-corrected chi connectivity index (χ2v) is 5.07. The smallest absolute Gasteiger partial charge is 0.343 e. The van der Waals surface area contributed by atoms with Gasteiger partial charge in [0.25, 0.3) is 0 Å². The number of aryl methyl sites for hydroxylation is 1. The molecule has 0 N–H and O–H groups in total. The maximum Gasteiger partial charge on any atom is 0.343 e. The molecule has 4 heteroatoms. The predicted molar refractivity (Wildman–Crippen MR) is 87.0 cm³/mol. The predicted octanol–water partition coefficient (Wildman–Crippen LogP) is 3.49. The average molecular weight is 299 g/mol. The van der Waals surface area contributed by atoms with E-state index in [9.17, 15) is 9.59 Å². The molecule has 1 aromatic heterocycles. The van der Waals surface area contributed by atoms with Gasteiger partial charge in [-0.15, -0.1) is 0 Å². The molecule has 116 valence electrons. The lowest BCUT2D eigenvalue weighted by molar-refractivity contribution is 0.0524. The average Bonchev–Trinajstić information content (AvgIpc) is 2.54. The Morgan fingerprint density at radius 3 is 2.55 bits per heavy atom. The van der Waals surface area contributed by atoms with E-state index < -0.39 is 5.97 Å². The summed E-state index contributed by atoms with van der Waals surface area (Å²) in [5.41, 5.74) is 1.58. The van der Waals surface area contributed by atoms with Gasteiger partial charge in [0, 0.05) is 18.8 Å². The minimum Gasteiger partial charge on any atom is -0.462 e. The Balaban J connectivity index is 2.51. The van der Waals surface area contributed by atoms with Crippen LogP contribution in [-0.4, -0.2) is 17.1 Å². The van der Waals surface area contributed by atoms with Gasteiger partial charge in [0.2, 0.25) is 0 Å². The molecule has 0 aliphatic carbocycles. The zero-order valence-electron chi connectivity index (χ0n) is 13.0. The molecule has 0 unspecified atom stereocenters. The fourth-order valence-corrected chi connectivity index (χ4v) is 2.31. The summed E-state index contributed by atoms with van der Waals surface area (Å²) in [6.45, 7) is 4.85. The molecule has 0 saturated carbocycles. The molecule has 0 aliphatic heterocycles. The van der Waals surface area contributed by atoms with Crippen LogP contribution in [0.15, 0.2) is 47.4 Å². The lowest BCUT2D eigenvalue weighted by Crippen LogP contribution is -2.20. The first kappa shape index (κ1) is 16.0. The molecule has 4 nitrogen and oxygen atoms in total. The van der Waals surface area contributed by atoms with E-state index in [4.69, 9.17) is 4.74 Å². The molecule has 2 aromatic rings. The van der Waals surface area contributed by atoms with Crippen molar-refractivity contribution in [1.82, 2.24) is 4.57 Å². The maximum absolute atomic E-state index is 12.2. The third kappa shape index (κ3) is 3.64. The quantitative estimate of drug-likeness (QED) is 0.767. The fraction of sp³-hybridized carbons (Fsp3) is 0.333. The lowest BCUT2D eigenvalue weighted by Gasteiger charge is -2.15. The maximum atomic E-state index is 12.2. The summed E-state index contributed by atoms with van der Waals surface area (Å²) >= 11 is 0. The number of ether oxygens (including phenoxy) is 1. The van der Waals surface area contributed by atoms with Gasteiger partial charge >= 0.3 is 5.97 Å². The Labute approximate surface area is 130 Å². The summed E-state index contributed by atoms with van der Waals surface area (Å²) < 4.78 is 6.93. The SMILES string of the molecule is CCCCn1cc(C(=O)OCC)c(=O)cc1-c1ccccc1. The van der Waals surface area contributed by atoms with E-state index in [-0.39, 0.29) is 17.6 Å². The molecule has 0 fully saturated rings. The van der Waals surface area contributed by atoms with E-state index in [1.807, 2.05) is 34.9 Å². The third-order valence-corrected chi connectivity index (χ3v) is 3.45. The Morgan fingerprint density at radius 1 is 1.18 bits per heavy atom. The summed E-state index contributed by atoms with van der Waals surface area (Å²) in [6.07, 6.45) is 3.64. The molecule has 0 atom stereocenters. The monoisotopic (exact) mass is 299 g/mol. The van der Waals surface area contributed by atoms with Crippen molar-refractivity contribution in [1.29, 1.82) is 0 Å². The standard InChI is InChI=1S/C18H21NO3/c1-3-5-11-19-13-15(18(21)22-4-2)17(20)12-16(19)14-9-7-6-8-10-14/h6-10,12-13H,3-5,11H2,1-2H3. The molecule has 0 radical (unpaired) electrons. The number of esters is 1. The second kappa shape index (κ2) is 7.59. The van der Waals surface area contributed by atoms with Crippen molar-refractivity contribution in [2.75, 3.05) is 6.61 Å². The number of carbonyl (C=O) groups excluding carboxylic acids is 1. The van der Waals surface area contributed by atoms with Gasteiger partial charge in [-0.3, -0.25) is 4.79 Å². The molecule has 2 rings (SSSR count). The van der Waals surface area contributed by atoms with Gasteiger partial charge in [0.1, 0.15) is 5.56 Å². The number of rotatable bonds is 6. The van der Waals surface area contributed by atoms with Gasteiger partial charge in [-0.05, 0) is 18.9 Å². The molecule has 0 amide bonds. The van der Waals surface area contributed by atoms with E-state index in [0.29, 0.717) is 0 Å². The largest absolute Gasteiger partial charge is 0.462 e. The molecule has 0 bridgehead atoms. The molecule has 1 heterocycles. The normalized spacial score (nSPS) is 10.5. The zero-order chi connectivity index (χ0) is 15.9. The molecule has 0 aliphatic rings. The summed E-state index contributed by atoms with van der Waals surface area (Å²) in [5.74, 6) is -0.558. The van der Waals surface area contributed by atoms with E-state index in [1.165, 1.54) is 6.07 Å². The minimum absolute atomic E-state index is 0.0950. The number of pyridine rings is 1. The number of benzene rings is 1. The van der Waals surface area contributed by atoms with Crippen LogP contribution in [0.2, 0.25) is 0 Å². The highest BCUT2D eigenvalue weighted by atomic mass is 16.5. The number of hydrogen-bond acceptors (Lipinski definition) is 3. The summed E-state index contributed by atoms with van der Waals surface area (Å²) in [5, 5.41) is 0. The topological polar surface area (TPSA) is 48.3 Å². The van der Waals surface area contributed by atoms with Crippen molar-refractivity contribution in [2.24, 2.45) is 0 Å². The van der Waals surface area contributed by atoms with Crippen LogP contribution in [0.4, 0.5) is 0 Å². The van der Waals surface area contributed by atoms with Crippen LogP contribution in [0, 0.1) is 0 Å². The van der Waals surface area contributed by atoms with Crippen LogP contribution in [0.5, 0.6) is 0 Å². The van der Waals surface area contributed by atoms with Crippen LogP contribution in [0.1, 0.15) is 37.0 Å². The van der Waals surface area contributed by atoms with Gasteiger partial charge in [0.05, 0.1) is 12.3 Å². The third-order valence-electron chi connectivity index (χ3n) is 3.45. The highest BCUT2D eigenvalue weighted by Gasteiger charge is 2.15. The van der Waals surface area contributed by atoms with Crippen molar-refractivity contribution in [3.63, 3.8) is 0 Å². The van der Waals surface area contributed by atoms with Gasteiger partial charge < -0.3 is 9.30 Å². The van der Waals surface area contributed by atoms with Gasteiger partial charge in [-0.2, -0.15) is 0 Å². The highest BCUT2D eigenvalue weighted by molar-refractivity contribution is 5.89. The Hall–Kier alpha value is -2.36. The van der Waals surface area contributed by atoms with Crippen LogP contribution in [0.25, 0.3) is 11.3 Å². The van der Waals surface area contributed by atoms with Gasteiger partial charge in [-0.1, -0.05) is 43.7 Å². The first-order chi connectivity index (χ1) is 10.7. The van der Waals surface area contributed by atoms with Crippen LogP contribution < -0.4 is 5.43 Å². The number of nitrogens with zero attached hydrogens (tertiary/aromatic N) is 1. The van der Waals surface area contributed by atoms with Gasteiger partial charge in [0.15, 0.2) is 5.43 Å². The van der Waals surface area contributed by atoms with Crippen LogP contribution >= 0.6 is 0 Å². The van der Waals surface area contributed by atoms with E-state index in [2.05, 4.69) is 6.92 Å². The van der Waals surface area contributed by atoms with Crippen molar-refractivity contribution in [3.05, 3.63) is 58.4 Å². The number of unbranched alkanes of at least 4 members (excludes halogenated alkanes) is 1. The lowest BCUT2D eigenvalue weighted by atomic mass is 10.1. The summed E-state index contributed by atoms with van der Waals surface area (Å²) in [7, 11) is 0. The number of aromatic nitrogens is 1. The Morgan fingerprint density at radius 2 is 1.91 bits per heavy atom. The van der Waals surface area contributed by atoms with Crippen molar-refractivity contribution in [3.8, 4) is 11.3 Å². The molecule has 0 saturated heterocycles. The zero-order valence-corrected chi connectivity index (χ0v) is 13.0. The minimum atomic E-state index is -0.558. The summed E-state index contributed by atoms with van der Waals surface area (Å²) in [6, 6.07) is 11.2. The first-order valence-electron chi connectivity index (χ1n) is 7.64. The summed E-state index contributed by atoms with van der Waals surface area (Å²) in [4.78, 5) is 24.1.